The molecule has 354 valence electrons. The number of unbranched alkanes of at least 4 members (excludes halogenated alkanes) is 25. The molecule has 1 unspecified atom stereocenters. The van der Waals surface area contributed by atoms with Crippen LogP contribution >= 0.6 is 0 Å². The Morgan fingerprint density at radius 1 is 0.339 bits per heavy atom. The van der Waals surface area contributed by atoms with Gasteiger partial charge in [0.05, 0.1) is 0 Å². The van der Waals surface area contributed by atoms with Gasteiger partial charge in [-0.25, -0.2) is 0 Å². The minimum atomic E-state index is -0.808. The zero-order valence-corrected chi connectivity index (χ0v) is 40.4. The Bertz CT molecular complexity index is 1220. The third kappa shape index (κ3) is 47.6. The van der Waals surface area contributed by atoms with Gasteiger partial charge >= 0.3 is 17.9 Å². The normalized spacial score (nSPS) is 12.8. The highest BCUT2D eigenvalue weighted by atomic mass is 16.6. The molecule has 0 heterocycles. The highest BCUT2D eigenvalue weighted by Gasteiger charge is 2.19. The van der Waals surface area contributed by atoms with Gasteiger partial charge in [0.2, 0.25) is 0 Å². The van der Waals surface area contributed by atoms with E-state index >= 15 is 0 Å². The number of carbonyl (C=O) groups excluding carboxylic acids is 3. The quantitative estimate of drug-likeness (QED) is 0.0199. The van der Waals surface area contributed by atoms with E-state index in [4.69, 9.17) is 14.2 Å². The van der Waals surface area contributed by atoms with Gasteiger partial charge in [0.1, 0.15) is 13.2 Å². The molecule has 0 aromatic heterocycles. The average Bonchev–Trinajstić information content (AvgIpc) is 3.27. The van der Waals surface area contributed by atoms with Gasteiger partial charge in [0.15, 0.2) is 6.10 Å². The van der Waals surface area contributed by atoms with Crippen LogP contribution in [0.4, 0.5) is 0 Å². The molecule has 0 bridgehead atoms. The number of carbonyl (C=O) groups is 3. The van der Waals surface area contributed by atoms with E-state index in [-0.39, 0.29) is 37.5 Å². The molecule has 0 fully saturated rings. The third-order valence-electron chi connectivity index (χ3n) is 10.8. The molecule has 0 aromatic rings. The predicted molar refractivity (Wildman–Crippen MR) is 265 cm³/mol. The summed E-state index contributed by atoms with van der Waals surface area (Å²) in [6.45, 7) is 6.40. The summed E-state index contributed by atoms with van der Waals surface area (Å²) in [5, 5.41) is 0. The monoisotopic (exact) mass is 863 g/mol. The number of hydrogen-bond donors (Lipinski definition) is 0. The van der Waals surface area contributed by atoms with E-state index in [1.807, 2.05) is 60.8 Å². The molecule has 0 aliphatic heterocycles. The predicted octanol–water partition coefficient (Wildman–Crippen LogP) is 16.8. The second kappa shape index (κ2) is 50.2. The first-order valence-electron chi connectivity index (χ1n) is 25.7. The zero-order valence-electron chi connectivity index (χ0n) is 40.4. The first kappa shape index (κ1) is 58.6. The van der Waals surface area contributed by atoms with E-state index in [0.717, 1.165) is 57.8 Å². The van der Waals surface area contributed by atoms with Crippen LogP contribution in [0.25, 0.3) is 0 Å². The van der Waals surface area contributed by atoms with Crippen LogP contribution in [0.1, 0.15) is 233 Å². The van der Waals surface area contributed by atoms with Crippen molar-refractivity contribution < 1.29 is 28.6 Å². The lowest BCUT2D eigenvalue weighted by Crippen LogP contribution is -2.30. The second-order valence-electron chi connectivity index (χ2n) is 16.9. The number of hydrogen-bond acceptors (Lipinski definition) is 6. The van der Waals surface area contributed by atoms with Crippen LogP contribution in [0.15, 0.2) is 85.1 Å². The Morgan fingerprint density at radius 2 is 0.661 bits per heavy atom. The summed E-state index contributed by atoms with van der Waals surface area (Å²) < 4.78 is 16.7. The molecule has 62 heavy (non-hydrogen) atoms. The molecule has 0 saturated carbocycles. The lowest BCUT2D eigenvalue weighted by atomic mass is 10.0. The maximum Gasteiger partial charge on any atom is 0.306 e. The first-order chi connectivity index (χ1) is 30.5. The lowest BCUT2D eigenvalue weighted by molar-refractivity contribution is -0.167. The zero-order chi connectivity index (χ0) is 45.1. The molecule has 0 aromatic carbocycles. The molecular weight excluding hydrogens is 769 g/mol. The van der Waals surface area contributed by atoms with Crippen LogP contribution in [0.3, 0.4) is 0 Å². The Balaban J connectivity index is 4.41. The standard InChI is InChI=1S/C56H94O6/c1-4-7-10-13-16-19-21-23-25-27-29-30-32-34-37-40-43-46-49-55(58)61-52-53(51-60-54(57)48-45-42-39-36-18-15-12-9-6-3)62-56(59)50-47-44-41-38-35-33-31-28-26-24-22-20-17-14-11-8-5-2/h8,11,14,17,20,22,24,26,28,31,33,35-36,39,53H,4-7,9-10,12-13,15-16,18-19,21,23,25,27,29-30,32,34,37-38,40-52H2,1-3H3/b11-8-,17-14-,22-20-,26-24-,31-28+,35-33-,39-36-. The Hall–Kier alpha value is -3.41. The van der Waals surface area contributed by atoms with Gasteiger partial charge in [0, 0.05) is 19.3 Å². The van der Waals surface area contributed by atoms with Crippen molar-refractivity contribution in [1.82, 2.24) is 0 Å². The minimum absolute atomic E-state index is 0.102. The third-order valence-corrected chi connectivity index (χ3v) is 10.8. The molecule has 1 atom stereocenters. The number of esters is 3. The van der Waals surface area contributed by atoms with Crippen molar-refractivity contribution in [3.8, 4) is 0 Å². The van der Waals surface area contributed by atoms with E-state index in [9.17, 15) is 14.4 Å². The molecule has 6 heteroatoms. The molecular formula is C56H94O6. The second-order valence-corrected chi connectivity index (χ2v) is 16.9. The highest BCUT2D eigenvalue weighted by molar-refractivity contribution is 5.71. The van der Waals surface area contributed by atoms with E-state index in [2.05, 4.69) is 45.1 Å². The summed E-state index contributed by atoms with van der Waals surface area (Å²) in [4.78, 5) is 37.9. The minimum Gasteiger partial charge on any atom is -0.462 e. The largest absolute Gasteiger partial charge is 0.462 e. The Labute approximate surface area is 382 Å². The molecule has 0 aliphatic carbocycles. The van der Waals surface area contributed by atoms with Gasteiger partial charge in [-0.15, -0.1) is 0 Å². The van der Waals surface area contributed by atoms with Crippen LogP contribution in [0, 0.1) is 0 Å². The van der Waals surface area contributed by atoms with Crippen molar-refractivity contribution in [2.24, 2.45) is 0 Å². The van der Waals surface area contributed by atoms with Gasteiger partial charge in [-0.05, 0) is 57.8 Å². The van der Waals surface area contributed by atoms with Crippen molar-refractivity contribution in [3.05, 3.63) is 85.1 Å². The van der Waals surface area contributed by atoms with Crippen molar-refractivity contribution in [3.63, 3.8) is 0 Å². The van der Waals surface area contributed by atoms with Crippen molar-refractivity contribution in [2.45, 2.75) is 239 Å². The summed E-state index contributed by atoms with van der Waals surface area (Å²) in [6, 6.07) is 0. The van der Waals surface area contributed by atoms with Gasteiger partial charge in [-0.1, -0.05) is 241 Å². The maximum absolute atomic E-state index is 12.8. The molecule has 0 radical (unpaired) electrons. The Morgan fingerprint density at radius 3 is 1.11 bits per heavy atom. The summed E-state index contributed by atoms with van der Waals surface area (Å²) in [7, 11) is 0. The molecule has 0 spiro atoms. The van der Waals surface area contributed by atoms with Gasteiger partial charge in [0.25, 0.3) is 0 Å². The summed E-state index contributed by atoms with van der Waals surface area (Å²) >= 11 is 0. The summed E-state index contributed by atoms with van der Waals surface area (Å²) in [5.74, 6) is -0.983. The van der Waals surface area contributed by atoms with E-state index < -0.39 is 6.10 Å². The van der Waals surface area contributed by atoms with Crippen LogP contribution in [-0.4, -0.2) is 37.2 Å². The molecule has 0 rings (SSSR count). The SMILES string of the molecule is CC\C=C/C=C\C=C/C=C\C=C\C=C/CCCCCC(=O)OC(COC(=O)CCC/C=C\CCCCCC)COC(=O)CCCCCCCCCCCCCCCCCCCC. The summed E-state index contributed by atoms with van der Waals surface area (Å²) in [6.07, 6.45) is 64.4. The molecule has 0 saturated heterocycles. The highest BCUT2D eigenvalue weighted by Crippen LogP contribution is 2.15. The molecule has 0 N–H and O–H groups in total. The lowest BCUT2D eigenvalue weighted by Gasteiger charge is -2.18. The average molecular weight is 863 g/mol. The Kier molecular flexibility index (Phi) is 47.5. The molecule has 0 amide bonds. The number of ether oxygens (including phenoxy) is 3. The van der Waals surface area contributed by atoms with Crippen molar-refractivity contribution in [2.75, 3.05) is 13.2 Å². The van der Waals surface area contributed by atoms with Gasteiger partial charge < -0.3 is 14.2 Å². The van der Waals surface area contributed by atoms with Crippen LogP contribution in [0.5, 0.6) is 0 Å². The number of rotatable bonds is 45. The van der Waals surface area contributed by atoms with E-state index in [0.29, 0.717) is 25.7 Å². The van der Waals surface area contributed by atoms with Crippen LogP contribution < -0.4 is 0 Å². The fourth-order valence-electron chi connectivity index (χ4n) is 6.95. The smallest absolute Gasteiger partial charge is 0.306 e. The fraction of sp³-hybridized carbons (Fsp3) is 0.696. The van der Waals surface area contributed by atoms with Gasteiger partial charge in [-0.3, -0.25) is 14.4 Å². The van der Waals surface area contributed by atoms with Crippen molar-refractivity contribution >= 4 is 17.9 Å². The fourth-order valence-corrected chi connectivity index (χ4v) is 6.95. The molecule has 0 aliphatic rings. The van der Waals surface area contributed by atoms with Crippen LogP contribution in [-0.2, 0) is 28.6 Å². The first-order valence-corrected chi connectivity index (χ1v) is 25.7. The van der Waals surface area contributed by atoms with E-state index in [1.54, 1.807) is 0 Å². The molecule has 6 nitrogen and oxygen atoms in total. The summed E-state index contributed by atoms with van der Waals surface area (Å²) in [5.41, 5.74) is 0. The van der Waals surface area contributed by atoms with E-state index in [1.165, 1.54) is 122 Å². The van der Waals surface area contributed by atoms with Crippen molar-refractivity contribution in [1.29, 1.82) is 0 Å². The van der Waals surface area contributed by atoms with Gasteiger partial charge in [-0.2, -0.15) is 0 Å². The topological polar surface area (TPSA) is 78.9 Å². The van der Waals surface area contributed by atoms with Crippen LogP contribution in [0.2, 0.25) is 0 Å². The number of allylic oxidation sites excluding steroid dienone is 14. The maximum atomic E-state index is 12.8.